The number of amides is 1. The largest absolute Gasteiger partial charge is 0.444 e. The molecule has 0 aliphatic carbocycles. The summed E-state index contributed by atoms with van der Waals surface area (Å²) < 4.78 is 7.70. The minimum atomic E-state index is -0.541. The average molecular weight is 366 g/mol. The van der Waals surface area contributed by atoms with Crippen molar-refractivity contribution in [1.82, 2.24) is 9.78 Å². The van der Waals surface area contributed by atoms with Gasteiger partial charge in [-0.25, -0.2) is 4.79 Å². The second-order valence-corrected chi connectivity index (χ2v) is 6.99. The smallest absolute Gasteiger partial charge is 0.413 e. The fourth-order valence-corrected chi connectivity index (χ4v) is 2.26. The highest BCUT2D eigenvalue weighted by atomic mass is 79.9. The van der Waals surface area contributed by atoms with Crippen LogP contribution in [-0.4, -0.2) is 21.5 Å². The third-order valence-electron chi connectivity index (χ3n) is 2.80. The van der Waals surface area contributed by atoms with Crippen molar-refractivity contribution in [2.24, 2.45) is 0 Å². The van der Waals surface area contributed by atoms with Crippen molar-refractivity contribution in [2.45, 2.75) is 39.8 Å². The summed E-state index contributed by atoms with van der Waals surface area (Å²) in [6.45, 7) is 8.14. The second-order valence-electron chi connectivity index (χ2n) is 6.14. The SMILES string of the molecule is Cc1ccc(Cn2cc(Br)c(NC(=O)OC(C)(C)C)n2)cc1. The predicted octanol–water partition coefficient (Wildman–Crippen LogP) is 4.35. The van der Waals surface area contributed by atoms with E-state index in [4.69, 9.17) is 4.74 Å². The molecule has 1 aromatic carbocycles. The summed E-state index contributed by atoms with van der Waals surface area (Å²) in [5.74, 6) is 0.446. The summed E-state index contributed by atoms with van der Waals surface area (Å²) >= 11 is 3.40. The van der Waals surface area contributed by atoms with Gasteiger partial charge in [0.05, 0.1) is 11.0 Å². The number of carbonyl (C=O) groups excluding carboxylic acids is 1. The molecule has 0 fully saturated rings. The number of aromatic nitrogens is 2. The van der Waals surface area contributed by atoms with Crippen molar-refractivity contribution in [3.8, 4) is 0 Å². The minimum absolute atomic E-state index is 0.446. The van der Waals surface area contributed by atoms with Gasteiger partial charge >= 0.3 is 6.09 Å². The molecule has 0 aliphatic heterocycles. The topological polar surface area (TPSA) is 56.2 Å². The zero-order chi connectivity index (χ0) is 16.3. The molecule has 2 rings (SSSR count). The van der Waals surface area contributed by atoms with Gasteiger partial charge in [0.2, 0.25) is 0 Å². The number of hydrogen-bond acceptors (Lipinski definition) is 3. The number of halogens is 1. The number of nitrogens with one attached hydrogen (secondary N) is 1. The molecular weight excluding hydrogens is 346 g/mol. The average Bonchev–Trinajstić information content (AvgIpc) is 2.70. The van der Waals surface area contributed by atoms with E-state index in [1.54, 1.807) is 4.68 Å². The van der Waals surface area contributed by atoms with Crippen molar-refractivity contribution in [2.75, 3.05) is 5.32 Å². The number of benzene rings is 1. The van der Waals surface area contributed by atoms with Gasteiger partial charge in [0.25, 0.3) is 0 Å². The van der Waals surface area contributed by atoms with Crippen molar-refractivity contribution in [1.29, 1.82) is 0 Å². The van der Waals surface area contributed by atoms with E-state index in [1.807, 2.05) is 27.0 Å². The maximum absolute atomic E-state index is 11.8. The number of hydrogen-bond donors (Lipinski definition) is 1. The van der Waals surface area contributed by atoms with Gasteiger partial charge in [0.1, 0.15) is 5.60 Å². The lowest BCUT2D eigenvalue weighted by Gasteiger charge is -2.19. The molecule has 0 spiro atoms. The lowest BCUT2D eigenvalue weighted by atomic mass is 10.1. The van der Waals surface area contributed by atoms with Crippen LogP contribution < -0.4 is 5.32 Å². The van der Waals surface area contributed by atoms with Gasteiger partial charge < -0.3 is 4.74 Å². The van der Waals surface area contributed by atoms with Crippen molar-refractivity contribution < 1.29 is 9.53 Å². The lowest BCUT2D eigenvalue weighted by molar-refractivity contribution is 0.0635. The number of anilines is 1. The Bertz CT molecular complexity index is 657. The summed E-state index contributed by atoms with van der Waals surface area (Å²) in [7, 11) is 0. The Kier molecular flexibility index (Phi) is 4.90. The Balaban J connectivity index is 2.05. The van der Waals surface area contributed by atoms with Crippen LogP contribution in [0.4, 0.5) is 10.6 Å². The van der Waals surface area contributed by atoms with Crippen LogP contribution in [0.5, 0.6) is 0 Å². The van der Waals surface area contributed by atoms with Crippen LogP contribution in [0.25, 0.3) is 0 Å². The Morgan fingerprint density at radius 2 is 1.95 bits per heavy atom. The van der Waals surface area contributed by atoms with E-state index >= 15 is 0 Å². The van der Waals surface area contributed by atoms with E-state index in [2.05, 4.69) is 57.5 Å². The quantitative estimate of drug-likeness (QED) is 0.879. The molecule has 118 valence electrons. The first kappa shape index (κ1) is 16.5. The van der Waals surface area contributed by atoms with E-state index in [9.17, 15) is 4.79 Å². The molecule has 0 saturated carbocycles. The second kappa shape index (κ2) is 6.52. The van der Waals surface area contributed by atoms with Crippen LogP contribution in [0.3, 0.4) is 0 Å². The minimum Gasteiger partial charge on any atom is -0.444 e. The number of aryl methyl sites for hydroxylation is 1. The number of nitrogens with zero attached hydrogens (tertiary/aromatic N) is 2. The molecule has 6 heteroatoms. The van der Waals surface area contributed by atoms with Crippen LogP contribution in [-0.2, 0) is 11.3 Å². The van der Waals surface area contributed by atoms with Crippen LogP contribution >= 0.6 is 15.9 Å². The molecule has 0 aliphatic rings. The highest BCUT2D eigenvalue weighted by molar-refractivity contribution is 9.10. The Morgan fingerprint density at radius 3 is 2.55 bits per heavy atom. The Hall–Kier alpha value is -1.82. The van der Waals surface area contributed by atoms with E-state index in [0.717, 1.165) is 5.56 Å². The third-order valence-corrected chi connectivity index (χ3v) is 3.38. The third kappa shape index (κ3) is 4.87. The summed E-state index contributed by atoms with van der Waals surface area (Å²) in [5, 5.41) is 7.00. The number of ether oxygens (including phenoxy) is 1. The van der Waals surface area contributed by atoms with Gasteiger partial charge in [0, 0.05) is 6.20 Å². The first-order chi connectivity index (χ1) is 10.2. The van der Waals surface area contributed by atoms with Crippen LogP contribution in [0.1, 0.15) is 31.9 Å². The summed E-state index contributed by atoms with van der Waals surface area (Å²) in [6.07, 6.45) is 1.31. The molecule has 1 heterocycles. The fraction of sp³-hybridized carbons (Fsp3) is 0.375. The number of carbonyl (C=O) groups is 1. The van der Waals surface area contributed by atoms with Crippen LogP contribution in [0.15, 0.2) is 34.9 Å². The molecule has 0 bridgehead atoms. The normalized spacial score (nSPS) is 11.3. The molecule has 2 aromatic rings. The van der Waals surface area contributed by atoms with Gasteiger partial charge in [-0.05, 0) is 49.2 Å². The van der Waals surface area contributed by atoms with Crippen molar-refractivity contribution in [3.63, 3.8) is 0 Å². The van der Waals surface area contributed by atoms with E-state index < -0.39 is 11.7 Å². The molecule has 1 amide bonds. The lowest BCUT2D eigenvalue weighted by Crippen LogP contribution is -2.27. The predicted molar refractivity (Wildman–Crippen MR) is 90.1 cm³/mol. The van der Waals surface area contributed by atoms with Gasteiger partial charge in [-0.15, -0.1) is 0 Å². The zero-order valence-corrected chi connectivity index (χ0v) is 14.8. The zero-order valence-electron chi connectivity index (χ0n) is 13.2. The molecule has 22 heavy (non-hydrogen) atoms. The first-order valence-electron chi connectivity index (χ1n) is 7.01. The maximum atomic E-state index is 11.8. The summed E-state index contributed by atoms with van der Waals surface area (Å²) in [4.78, 5) is 11.8. The standard InChI is InChI=1S/C16H20BrN3O2/c1-11-5-7-12(8-6-11)9-20-10-13(17)14(19-20)18-15(21)22-16(2,3)4/h5-8,10H,9H2,1-4H3,(H,18,19,21). The number of rotatable bonds is 3. The molecule has 1 N–H and O–H groups in total. The molecule has 5 nitrogen and oxygen atoms in total. The van der Waals surface area contributed by atoms with E-state index in [-0.39, 0.29) is 0 Å². The van der Waals surface area contributed by atoms with Gasteiger partial charge in [0.15, 0.2) is 5.82 Å². The molecule has 0 saturated heterocycles. The summed E-state index contributed by atoms with van der Waals surface area (Å²) in [6, 6.07) is 8.25. The molecule has 1 aromatic heterocycles. The van der Waals surface area contributed by atoms with Gasteiger partial charge in [-0.1, -0.05) is 29.8 Å². The molecule has 0 radical (unpaired) electrons. The van der Waals surface area contributed by atoms with Gasteiger partial charge in [-0.2, -0.15) is 5.10 Å². The monoisotopic (exact) mass is 365 g/mol. The van der Waals surface area contributed by atoms with Crippen molar-refractivity contribution >= 4 is 27.8 Å². The van der Waals surface area contributed by atoms with Crippen molar-refractivity contribution in [3.05, 3.63) is 46.1 Å². The maximum Gasteiger partial charge on any atom is 0.413 e. The highest BCUT2D eigenvalue weighted by Gasteiger charge is 2.18. The molecular formula is C16H20BrN3O2. The van der Waals surface area contributed by atoms with E-state index in [0.29, 0.717) is 16.8 Å². The summed E-state index contributed by atoms with van der Waals surface area (Å²) in [5.41, 5.74) is 1.82. The van der Waals surface area contributed by atoms with Crippen LogP contribution in [0.2, 0.25) is 0 Å². The molecule has 0 atom stereocenters. The Labute approximate surface area is 138 Å². The van der Waals surface area contributed by atoms with E-state index in [1.165, 1.54) is 5.56 Å². The van der Waals surface area contributed by atoms with Crippen LogP contribution in [0, 0.1) is 6.92 Å². The highest BCUT2D eigenvalue weighted by Crippen LogP contribution is 2.21. The first-order valence-corrected chi connectivity index (χ1v) is 7.81. The molecule has 0 unspecified atom stereocenters. The fourth-order valence-electron chi connectivity index (χ4n) is 1.84. The Morgan fingerprint density at radius 1 is 1.32 bits per heavy atom. The van der Waals surface area contributed by atoms with Gasteiger partial charge in [-0.3, -0.25) is 10.00 Å².